The predicted octanol–water partition coefficient (Wildman–Crippen LogP) is 4.61. The standard InChI is InChI=1S/C27H38N2O4/c1-6-32-24-15-13-22(17-25(24)33-7-2)14-16-26(30)29(19-23-11-9-8-10-12-23)21(5)27(31)28-18-20(3)4/h8-13,15,17,20-21H,6-7,14,16,18-19H2,1-5H3,(H,28,31)/t21-/m0/s1. The summed E-state index contributed by atoms with van der Waals surface area (Å²) in [5.74, 6) is 1.55. The molecule has 0 spiro atoms. The third kappa shape index (κ3) is 8.44. The van der Waals surface area contributed by atoms with Gasteiger partial charge in [0.05, 0.1) is 13.2 Å². The Labute approximate surface area is 198 Å². The van der Waals surface area contributed by atoms with Crippen LogP contribution in [0.4, 0.5) is 0 Å². The molecule has 0 heterocycles. The summed E-state index contributed by atoms with van der Waals surface area (Å²) in [5.41, 5.74) is 1.99. The van der Waals surface area contributed by atoms with Crippen LogP contribution in [-0.2, 0) is 22.6 Å². The van der Waals surface area contributed by atoms with Crippen LogP contribution < -0.4 is 14.8 Å². The second-order valence-electron chi connectivity index (χ2n) is 8.47. The molecule has 1 N–H and O–H groups in total. The Morgan fingerprint density at radius 2 is 1.58 bits per heavy atom. The van der Waals surface area contributed by atoms with E-state index in [1.54, 1.807) is 11.8 Å². The monoisotopic (exact) mass is 454 g/mol. The molecule has 0 aliphatic rings. The minimum Gasteiger partial charge on any atom is -0.490 e. The lowest BCUT2D eigenvalue weighted by Gasteiger charge is -2.29. The van der Waals surface area contributed by atoms with Gasteiger partial charge in [0, 0.05) is 19.5 Å². The Balaban J connectivity index is 2.13. The second-order valence-corrected chi connectivity index (χ2v) is 8.47. The summed E-state index contributed by atoms with van der Waals surface area (Å²) < 4.78 is 11.3. The van der Waals surface area contributed by atoms with Crippen LogP contribution in [-0.4, -0.2) is 42.5 Å². The van der Waals surface area contributed by atoms with Crippen molar-refractivity contribution >= 4 is 11.8 Å². The van der Waals surface area contributed by atoms with E-state index in [2.05, 4.69) is 5.32 Å². The minimum absolute atomic E-state index is 0.0575. The molecule has 1 atom stereocenters. The quantitative estimate of drug-likeness (QED) is 0.480. The molecule has 180 valence electrons. The third-order valence-corrected chi connectivity index (χ3v) is 5.28. The highest BCUT2D eigenvalue weighted by Gasteiger charge is 2.26. The summed E-state index contributed by atoms with van der Waals surface area (Å²) >= 11 is 0. The predicted molar refractivity (Wildman–Crippen MR) is 131 cm³/mol. The maximum absolute atomic E-state index is 13.3. The first-order chi connectivity index (χ1) is 15.8. The van der Waals surface area contributed by atoms with E-state index in [1.165, 1.54) is 0 Å². The van der Waals surface area contributed by atoms with Gasteiger partial charge in [-0.3, -0.25) is 9.59 Å². The summed E-state index contributed by atoms with van der Waals surface area (Å²) in [6.45, 7) is 11.8. The van der Waals surface area contributed by atoms with Crippen LogP contribution in [0.3, 0.4) is 0 Å². The second kappa shape index (κ2) is 13.5. The van der Waals surface area contributed by atoms with Crippen molar-refractivity contribution in [2.45, 2.75) is 60.0 Å². The molecule has 2 aromatic rings. The number of ether oxygens (including phenoxy) is 2. The van der Waals surface area contributed by atoms with Crippen molar-refractivity contribution in [3.05, 3.63) is 59.7 Å². The molecular formula is C27H38N2O4. The van der Waals surface area contributed by atoms with Crippen LogP contribution in [0.1, 0.15) is 52.2 Å². The van der Waals surface area contributed by atoms with Gasteiger partial charge in [0.2, 0.25) is 11.8 Å². The van der Waals surface area contributed by atoms with E-state index >= 15 is 0 Å². The highest BCUT2D eigenvalue weighted by atomic mass is 16.5. The van der Waals surface area contributed by atoms with Crippen LogP contribution in [0, 0.1) is 5.92 Å². The molecule has 2 aromatic carbocycles. The van der Waals surface area contributed by atoms with Crippen LogP contribution in [0.25, 0.3) is 0 Å². The number of hydrogen-bond donors (Lipinski definition) is 1. The molecule has 6 heteroatoms. The summed E-state index contributed by atoms with van der Waals surface area (Å²) in [7, 11) is 0. The fourth-order valence-corrected chi connectivity index (χ4v) is 3.46. The zero-order valence-electron chi connectivity index (χ0n) is 20.6. The van der Waals surface area contributed by atoms with Crippen LogP contribution in [0.5, 0.6) is 11.5 Å². The number of nitrogens with zero attached hydrogens (tertiary/aromatic N) is 1. The average Bonchev–Trinajstić information content (AvgIpc) is 2.81. The fraction of sp³-hybridized carbons (Fsp3) is 0.481. The lowest BCUT2D eigenvalue weighted by Crippen LogP contribution is -2.48. The number of rotatable bonds is 13. The number of benzene rings is 2. The van der Waals surface area contributed by atoms with Crippen LogP contribution in [0.15, 0.2) is 48.5 Å². The Morgan fingerprint density at radius 1 is 0.909 bits per heavy atom. The molecule has 0 saturated carbocycles. The molecule has 0 bridgehead atoms. The van der Waals surface area contributed by atoms with Gasteiger partial charge in [-0.1, -0.05) is 50.2 Å². The van der Waals surface area contributed by atoms with Gasteiger partial charge in [0.15, 0.2) is 11.5 Å². The van der Waals surface area contributed by atoms with Gasteiger partial charge in [-0.05, 0) is 56.4 Å². The molecule has 0 aliphatic heterocycles. The molecule has 2 amide bonds. The largest absolute Gasteiger partial charge is 0.490 e. The highest BCUT2D eigenvalue weighted by molar-refractivity contribution is 5.87. The molecule has 6 nitrogen and oxygen atoms in total. The number of hydrogen-bond acceptors (Lipinski definition) is 4. The van der Waals surface area contributed by atoms with Gasteiger partial charge < -0.3 is 19.7 Å². The number of carbonyl (C=O) groups is 2. The van der Waals surface area contributed by atoms with Gasteiger partial charge in [-0.25, -0.2) is 0 Å². The SMILES string of the molecule is CCOc1ccc(CCC(=O)N(Cc2ccccc2)[C@@H](C)C(=O)NCC(C)C)cc1OCC. The summed E-state index contributed by atoms with van der Waals surface area (Å²) in [6.07, 6.45) is 0.852. The van der Waals surface area contributed by atoms with E-state index < -0.39 is 6.04 Å². The molecule has 0 fully saturated rings. The first-order valence-electron chi connectivity index (χ1n) is 11.8. The van der Waals surface area contributed by atoms with E-state index in [0.717, 1.165) is 11.1 Å². The number of aryl methyl sites for hydroxylation is 1. The molecular weight excluding hydrogens is 416 g/mol. The maximum atomic E-state index is 13.3. The highest BCUT2D eigenvalue weighted by Crippen LogP contribution is 2.29. The van der Waals surface area contributed by atoms with Crippen molar-refractivity contribution in [2.24, 2.45) is 5.92 Å². The van der Waals surface area contributed by atoms with Crippen molar-refractivity contribution in [1.29, 1.82) is 0 Å². The number of amides is 2. The lowest BCUT2D eigenvalue weighted by molar-refractivity contribution is -0.140. The van der Waals surface area contributed by atoms with Crippen molar-refractivity contribution in [3.8, 4) is 11.5 Å². The van der Waals surface area contributed by atoms with Gasteiger partial charge in [0.25, 0.3) is 0 Å². The first kappa shape index (κ1) is 26.2. The average molecular weight is 455 g/mol. The zero-order valence-corrected chi connectivity index (χ0v) is 20.6. The Morgan fingerprint density at radius 3 is 2.21 bits per heavy atom. The fourth-order valence-electron chi connectivity index (χ4n) is 3.46. The lowest BCUT2D eigenvalue weighted by atomic mass is 10.1. The normalized spacial score (nSPS) is 11.7. The van der Waals surface area contributed by atoms with E-state index in [4.69, 9.17) is 9.47 Å². The molecule has 0 radical (unpaired) electrons. The molecule has 2 rings (SSSR count). The summed E-state index contributed by atoms with van der Waals surface area (Å²) in [5, 5.41) is 2.95. The zero-order chi connectivity index (χ0) is 24.2. The first-order valence-corrected chi connectivity index (χ1v) is 11.8. The Bertz CT molecular complexity index is 883. The molecule has 33 heavy (non-hydrogen) atoms. The van der Waals surface area contributed by atoms with Crippen LogP contribution >= 0.6 is 0 Å². The number of carbonyl (C=O) groups excluding carboxylic acids is 2. The summed E-state index contributed by atoms with van der Waals surface area (Å²) in [4.78, 5) is 27.7. The van der Waals surface area contributed by atoms with E-state index in [9.17, 15) is 9.59 Å². The third-order valence-electron chi connectivity index (χ3n) is 5.28. The van der Waals surface area contributed by atoms with Gasteiger partial charge >= 0.3 is 0 Å². The Hall–Kier alpha value is -3.02. The molecule has 0 aromatic heterocycles. The molecule has 0 unspecified atom stereocenters. The molecule has 0 saturated heterocycles. The maximum Gasteiger partial charge on any atom is 0.242 e. The van der Waals surface area contributed by atoms with Gasteiger partial charge in [-0.15, -0.1) is 0 Å². The van der Waals surface area contributed by atoms with E-state index in [0.29, 0.717) is 56.6 Å². The van der Waals surface area contributed by atoms with Crippen molar-refractivity contribution in [1.82, 2.24) is 10.2 Å². The number of nitrogens with one attached hydrogen (secondary N) is 1. The smallest absolute Gasteiger partial charge is 0.242 e. The topological polar surface area (TPSA) is 67.9 Å². The van der Waals surface area contributed by atoms with Gasteiger partial charge in [-0.2, -0.15) is 0 Å². The van der Waals surface area contributed by atoms with Gasteiger partial charge in [0.1, 0.15) is 6.04 Å². The van der Waals surface area contributed by atoms with Crippen molar-refractivity contribution < 1.29 is 19.1 Å². The minimum atomic E-state index is -0.559. The molecule has 0 aliphatic carbocycles. The Kier molecular flexibility index (Phi) is 10.7. The van der Waals surface area contributed by atoms with Crippen LogP contribution in [0.2, 0.25) is 0 Å². The van der Waals surface area contributed by atoms with Crippen molar-refractivity contribution in [2.75, 3.05) is 19.8 Å². The van der Waals surface area contributed by atoms with E-state index in [1.807, 2.05) is 76.2 Å². The van der Waals surface area contributed by atoms with E-state index in [-0.39, 0.29) is 11.8 Å². The van der Waals surface area contributed by atoms with Crippen molar-refractivity contribution in [3.63, 3.8) is 0 Å². The summed E-state index contributed by atoms with van der Waals surface area (Å²) in [6, 6.07) is 15.0.